The molecule has 0 spiro atoms. The van der Waals surface area contributed by atoms with Crippen LogP contribution in [0, 0.1) is 18.3 Å². The number of benzene rings is 1. The van der Waals surface area contributed by atoms with E-state index in [4.69, 9.17) is 10.3 Å². The summed E-state index contributed by atoms with van der Waals surface area (Å²) in [6.07, 6.45) is 5.07. The molecule has 1 saturated carbocycles. The van der Waals surface area contributed by atoms with Crippen LogP contribution < -0.4 is 11.3 Å². The molecule has 1 aliphatic carbocycles. The monoisotopic (exact) mass is 286 g/mol. The minimum Gasteiger partial charge on any atom is -0.459 e. The molecule has 0 radical (unpaired) electrons. The van der Waals surface area contributed by atoms with E-state index in [1.54, 1.807) is 0 Å². The molecule has 0 aliphatic heterocycles. The summed E-state index contributed by atoms with van der Waals surface area (Å²) in [6.45, 7) is 6.80. The average Bonchev–Trinajstić information content (AvgIpc) is 2.86. The van der Waals surface area contributed by atoms with E-state index in [1.807, 2.05) is 0 Å². The van der Waals surface area contributed by atoms with Crippen LogP contribution in [0.4, 0.5) is 0 Å². The minimum atomic E-state index is 0.0899. The van der Waals surface area contributed by atoms with Crippen LogP contribution in [-0.2, 0) is 0 Å². The number of para-hydroxylation sites is 1. The van der Waals surface area contributed by atoms with Crippen molar-refractivity contribution in [3.63, 3.8) is 0 Å². The van der Waals surface area contributed by atoms with Crippen molar-refractivity contribution in [2.45, 2.75) is 52.5 Å². The maximum Gasteiger partial charge on any atom is 0.137 e. The van der Waals surface area contributed by atoms with Gasteiger partial charge in [0.15, 0.2) is 0 Å². The van der Waals surface area contributed by atoms with E-state index in [9.17, 15) is 0 Å². The topological polar surface area (TPSA) is 51.2 Å². The molecule has 21 heavy (non-hydrogen) atoms. The zero-order valence-electron chi connectivity index (χ0n) is 13.3. The molecule has 2 unspecified atom stereocenters. The molecule has 0 amide bonds. The average molecular weight is 286 g/mol. The summed E-state index contributed by atoms with van der Waals surface area (Å²) in [4.78, 5) is 0. The van der Waals surface area contributed by atoms with Crippen molar-refractivity contribution in [3.8, 4) is 0 Å². The highest BCUT2D eigenvalue weighted by atomic mass is 16.3. The lowest BCUT2D eigenvalue weighted by Crippen LogP contribution is -2.41. The van der Waals surface area contributed by atoms with E-state index in [2.05, 4.69) is 50.5 Å². The third-order valence-corrected chi connectivity index (χ3v) is 5.24. The molecule has 2 aromatic rings. The van der Waals surface area contributed by atoms with Crippen molar-refractivity contribution in [3.05, 3.63) is 35.6 Å². The molecule has 1 aromatic heterocycles. The fourth-order valence-corrected chi connectivity index (χ4v) is 3.92. The Morgan fingerprint density at radius 3 is 2.81 bits per heavy atom. The lowest BCUT2D eigenvalue weighted by molar-refractivity contribution is 0.0901. The van der Waals surface area contributed by atoms with Gasteiger partial charge in [-0.25, -0.2) is 5.43 Å². The molecule has 3 N–H and O–H groups in total. The van der Waals surface area contributed by atoms with Gasteiger partial charge in [-0.2, -0.15) is 0 Å². The maximum atomic E-state index is 6.16. The molecular weight excluding hydrogens is 260 g/mol. The number of rotatable bonds is 3. The van der Waals surface area contributed by atoms with Gasteiger partial charge in [-0.15, -0.1) is 0 Å². The molecule has 3 rings (SSSR count). The van der Waals surface area contributed by atoms with Crippen molar-refractivity contribution >= 4 is 11.0 Å². The van der Waals surface area contributed by atoms with Gasteiger partial charge in [-0.05, 0) is 42.7 Å². The summed E-state index contributed by atoms with van der Waals surface area (Å²) in [6, 6.07) is 8.51. The van der Waals surface area contributed by atoms with Gasteiger partial charge in [0.25, 0.3) is 0 Å². The van der Waals surface area contributed by atoms with Gasteiger partial charge in [-0.1, -0.05) is 44.9 Å². The molecule has 0 bridgehead atoms. The van der Waals surface area contributed by atoms with Crippen LogP contribution in [0.1, 0.15) is 56.9 Å². The predicted octanol–water partition coefficient (Wildman–Crippen LogP) is 4.46. The molecule has 3 nitrogen and oxygen atoms in total. The lowest BCUT2D eigenvalue weighted by Gasteiger charge is -2.42. The van der Waals surface area contributed by atoms with Crippen LogP contribution >= 0.6 is 0 Å². The smallest absolute Gasteiger partial charge is 0.137 e. The van der Waals surface area contributed by atoms with Gasteiger partial charge in [-0.3, -0.25) is 5.84 Å². The standard InChI is InChI=1S/C18H26N2O/c1-12-7-6-8-13-11-15(21-17(12)13)16(20-19)14-9-4-5-10-18(14,2)3/h6-8,11,14,16,20H,4-5,9-10,19H2,1-3H3. The highest BCUT2D eigenvalue weighted by Gasteiger charge is 2.39. The van der Waals surface area contributed by atoms with Crippen LogP contribution in [0.25, 0.3) is 11.0 Å². The van der Waals surface area contributed by atoms with E-state index in [1.165, 1.54) is 36.6 Å². The van der Waals surface area contributed by atoms with E-state index >= 15 is 0 Å². The van der Waals surface area contributed by atoms with Gasteiger partial charge in [0.2, 0.25) is 0 Å². The van der Waals surface area contributed by atoms with Gasteiger partial charge in [0.1, 0.15) is 11.3 Å². The number of hydrazine groups is 1. The maximum absolute atomic E-state index is 6.16. The Morgan fingerprint density at radius 2 is 2.14 bits per heavy atom. The van der Waals surface area contributed by atoms with E-state index in [-0.39, 0.29) is 6.04 Å². The fraction of sp³-hybridized carbons (Fsp3) is 0.556. The molecular formula is C18H26N2O. The first-order valence-corrected chi connectivity index (χ1v) is 7.98. The lowest BCUT2D eigenvalue weighted by atomic mass is 9.65. The highest BCUT2D eigenvalue weighted by Crippen LogP contribution is 2.47. The van der Waals surface area contributed by atoms with Crippen molar-refractivity contribution in [1.82, 2.24) is 5.43 Å². The SMILES string of the molecule is Cc1cccc2cc(C(NN)C3CCCCC3(C)C)oc12. The number of nitrogens with one attached hydrogen (secondary N) is 1. The van der Waals surface area contributed by atoms with Crippen molar-refractivity contribution in [2.75, 3.05) is 0 Å². The molecule has 0 saturated heterocycles. The zero-order valence-corrected chi connectivity index (χ0v) is 13.3. The van der Waals surface area contributed by atoms with Crippen LogP contribution in [0.15, 0.2) is 28.7 Å². The number of aryl methyl sites for hydroxylation is 1. The molecule has 1 aromatic carbocycles. The first-order chi connectivity index (χ1) is 10.0. The first-order valence-electron chi connectivity index (χ1n) is 7.98. The van der Waals surface area contributed by atoms with Gasteiger partial charge in [0.05, 0.1) is 6.04 Å². The summed E-state index contributed by atoms with van der Waals surface area (Å²) in [5, 5.41) is 1.17. The molecule has 114 valence electrons. The zero-order chi connectivity index (χ0) is 15.0. The van der Waals surface area contributed by atoms with E-state index in [0.29, 0.717) is 11.3 Å². The predicted molar refractivity (Wildman–Crippen MR) is 86.8 cm³/mol. The van der Waals surface area contributed by atoms with Gasteiger partial charge < -0.3 is 4.42 Å². The Morgan fingerprint density at radius 1 is 1.33 bits per heavy atom. The Balaban J connectivity index is 1.99. The Bertz CT molecular complexity index is 629. The summed E-state index contributed by atoms with van der Waals surface area (Å²) in [7, 11) is 0. The highest BCUT2D eigenvalue weighted by molar-refractivity contribution is 5.81. The van der Waals surface area contributed by atoms with Crippen LogP contribution in [0.2, 0.25) is 0 Å². The quantitative estimate of drug-likeness (QED) is 0.647. The third-order valence-electron chi connectivity index (χ3n) is 5.24. The van der Waals surface area contributed by atoms with Gasteiger partial charge >= 0.3 is 0 Å². The van der Waals surface area contributed by atoms with Crippen LogP contribution in [-0.4, -0.2) is 0 Å². The second-order valence-electron chi connectivity index (χ2n) is 7.13. The normalized spacial score (nSPS) is 23.3. The van der Waals surface area contributed by atoms with E-state index in [0.717, 1.165) is 11.3 Å². The second kappa shape index (κ2) is 5.47. The third kappa shape index (κ3) is 2.60. The Hall–Kier alpha value is -1.32. The molecule has 2 atom stereocenters. The second-order valence-corrected chi connectivity index (χ2v) is 7.13. The fourth-order valence-electron chi connectivity index (χ4n) is 3.92. The van der Waals surface area contributed by atoms with Crippen LogP contribution in [0.3, 0.4) is 0 Å². The number of nitrogens with two attached hydrogens (primary N) is 1. The number of fused-ring (bicyclic) bond motifs is 1. The van der Waals surface area contributed by atoms with Crippen LogP contribution in [0.5, 0.6) is 0 Å². The van der Waals surface area contributed by atoms with Gasteiger partial charge in [0, 0.05) is 5.39 Å². The Kier molecular flexibility index (Phi) is 3.80. The van der Waals surface area contributed by atoms with Crippen molar-refractivity contribution < 1.29 is 4.42 Å². The molecule has 1 aliphatic rings. The molecule has 1 heterocycles. The number of hydrogen-bond donors (Lipinski definition) is 2. The number of hydrogen-bond acceptors (Lipinski definition) is 3. The summed E-state index contributed by atoms with van der Waals surface area (Å²) in [5.74, 6) is 7.39. The molecule has 1 fully saturated rings. The van der Waals surface area contributed by atoms with E-state index < -0.39 is 0 Å². The van der Waals surface area contributed by atoms with Crippen molar-refractivity contribution in [2.24, 2.45) is 17.2 Å². The summed E-state index contributed by atoms with van der Waals surface area (Å²) < 4.78 is 6.16. The largest absolute Gasteiger partial charge is 0.459 e. The summed E-state index contributed by atoms with van der Waals surface area (Å²) in [5.41, 5.74) is 5.49. The summed E-state index contributed by atoms with van der Waals surface area (Å²) >= 11 is 0. The first kappa shape index (κ1) is 14.6. The minimum absolute atomic E-state index is 0.0899. The Labute approximate surface area is 126 Å². The molecule has 3 heteroatoms. The van der Waals surface area contributed by atoms with Crippen molar-refractivity contribution in [1.29, 1.82) is 0 Å². The number of furan rings is 1.